The smallest absolute Gasteiger partial charge is 0.319 e. The van der Waals surface area contributed by atoms with Crippen molar-refractivity contribution < 1.29 is 14.3 Å². The number of hydrogen-bond donors (Lipinski definition) is 2. The number of para-hydroxylation sites is 3. The van der Waals surface area contributed by atoms with Gasteiger partial charge in [0.15, 0.2) is 5.75 Å². The number of amides is 3. The van der Waals surface area contributed by atoms with Crippen molar-refractivity contribution in [1.82, 2.24) is 10.2 Å². The van der Waals surface area contributed by atoms with E-state index in [4.69, 9.17) is 4.74 Å². The maximum absolute atomic E-state index is 12.5. The summed E-state index contributed by atoms with van der Waals surface area (Å²) in [4.78, 5) is 27.0. The van der Waals surface area contributed by atoms with Crippen LogP contribution in [0.25, 0.3) is 0 Å². The van der Waals surface area contributed by atoms with Crippen molar-refractivity contribution in [2.45, 2.75) is 45.6 Å². The molecule has 1 fully saturated rings. The SMILES string of the molecule is CCC(CC)C(=O)N1CCC(NC(=O)Nc2ccccc2Oc2ccccc2)CC1. The van der Waals surface area contributed by atoms with E-state index < -0.39 is 0 Å². The van der Waals surface area contributed by atoms with Gasteiger partial charge in [-0.05, 0) is 49.9 Å². The van der Waals surface area contributed by atoms with E-state index in [1.807, 2.05) is 59.5 Å². The number of nitrogens with zero attached hydrogens (tertiary/aromatic N) is 1. The van der Waals surface area contributed by atoms with Gasteiger partial charge in [-0.25, -0.2) is 4.79 Å². The summed E-state index contributed by atoms with van der Waals surface area (Å²) in [5.41, 5.74) is 0.611. The summed E-state index contributed by atoms with van der Waals surface area (Å²) in [6.45, 7) is 5.50. The summed E-state index contributed by atoms with van der Waals surface area (Å²) in [7, 11) is 0. The summed E-state index contributed by atoms with van der Waals surface area (Å²) < 4.78 is 5.90. The lowest BCUT2D eigenvalue weighted by molar-refractivity contribution is -0.136. The fraction of sp³-hybridized carbons (Fsp3) is 0.417. The molecule has 0 saturated carbocycles. The van der Waals surface area contributed by atoms with Crippen LogP contribution in [0, 0.1) is 5.92 Å². The Bertz CT molecular complexity index is 829. The van der Waals surface area contributed by atoms with Gasteiger partial charge in [0, 0.05) is 25.0 Å². The van der Waals surface area contributed by atoms with E-state index in [0.29, 0.717) is 30.3 Å². The fourth-order valence-electron chi connectivity index (χ4n) is 3.76. The molecule has 0 aromatic heterocycles. The minimum absolute atomic E-state index is 0.0537. The van der Waals surface area contributed by atoms with Crippen molar-refractivity contribution in [3.63, 3.8) is 0 Å². The van der Waals surface area contributed by atoms with Gasteiger partial charge in [-0.15, -0.1) is 0 Å². The number of anilines is 1. The van der Waals surface area contributed by atoms with E-state index in [1.165, 1.54) is 0 Å². The molecule has 1 aliphatic rings. The third-order valence-corrected chi connectivity index (χ3v) is 5.58. The van der Waals surface area contributed by atoms with E-state index in [1.54, 1.807) is 0 Å². The zero-order valence-electron chi connectivity index (χ0n) is 17.8. The standard InChI is InChI=1S/C24H31N3O3/c1-3-18(4-2)23(28)27-16-14-19(15-17-27)25-24(29)26-21-12-8-9-13-22(21)30-20-10-6-5-7-11-20/h5-13,18-19H,3-4,14-17H2,1-2H3,(H2,25,26,29). The predicted molar refractivity (Wildman–Crippen MR) is 119 cm³/mol. The molecule has 1 aliphatic heterocycles. The molecule has 6 heteroatoms. The lowest BCUT2D eigenvalue weighted by Gasteiger charge is -2.34. The Balaban J connectivity index is 1.52. The Morgan fingerprint density at radius 3 is 2.30 bits per heavy atom. The highest BCUT2D eigenvalue weighted by molar-refractivity contribution is 5.91. The second kappa shape index (κ2) is 10.7. The number of rotatable bonds is 7. The highest BCUT2D eigenvalue weighted by Crippen LogP contribution is 2.29. The first-order chi connectivity index (χ1) is 14.6. The Kier molecular flexibility index (Phi) is 7.71. The van der Waals surface area contributed by atoms with Crippen molar-refractivity contribution in [1.29, 1.82) is 0 Å². The summed E-state index contributed by atoms with van der Waals surface area (Å²) in [5.74, 6) is 1.65. The normalized spacial score (nSPS) is 14.4. The number of carbonyl (C=O) groups excluding carboxylic acids is 2. The first-order valence-electron chi connectivity index (χ1n) is 10.8. The van der Waals surface area contributed by atoms with Gasteiger partial charge in [0.25, 0.3) is 0 Å². The lowest BCUT2D eigenvalue weighted by Crippen LogP contribution is -2.48. The molecule has 0 bridgehead atoms. The molecule has 6 nitrogen and oxygen atoms in total. The summed E-state index contributed by atoms with van der Waals surface area (Å²) in [6.07, 6.45) is 3.28. The largest absolute Gasteiger partial charge is 0.455 e. The zero-order valence-corrected chi connectivity index (χ0v) is 17.8. The van der Waals surface area contributed by atoms with Gasteiger partial charge in [-0.2, -0.15) is 0 Å². The van der Waals surface area contributed by atoms with Crippen LogP contribution >= 0.6 is 0 Å². The predicted octanol–water partition coefficient (Wildman–Crippen LogP) is 5.03. The first-order valence-corrected chi connectivity index (χ1v) is 10.8. The number of likely N-dealkylation sites (tertiary alicyclic amines) is 1. The summed E-state index contributed by atoms with van der Waals surface area (Å²) >= 11 is 0. The van der Waals surface area contributed by atoms with Crippen LogP contribution in [-0.4, -0.2) is 36.0 Å². The Morgan fingerprint density at radius 2 is 1.63 bits per heavy atom. The number of urea groups is 1. The highest BCUT2D eigenvalue weighted by atomic mass is 16.5. The number of benzene rings is 2. The van der Waals surface area contributed by atoms with Crippen LogP contribution in [0.15, 0.2) is 54.6 Å². The van der Waals surface area contributed by atoms with Crippen LogP contribution in [0.2, 0.25) is 0 Å². The van der Waals surface area contributed by atoms with E-state index in [-0.39, 0.29) is 23.9 Å². The molecule has 2 N–H and O–H groups in total. The van der Waals surface area contributed by atoms with Crippen molar-refractivity contribution in [3.05, 3.63) is 54.6 Å². The van der Waals surface area contributed by atoms with E-state index >= 15 is 0 Å². The minimum Gasteiger partial charge on any atom is -0.455 e. The third-order valence-electron chi connectivity index (χ3n) is 5.58. The van der Waals surface area contributed by atoms with Crippen LogP contribution in [-0.2, 0) is 4.79 Å². The van der Waals surface area contributed by atoms with Gasteiger partial charge >= 0.3 is 6.03 Å². The van der Waals surface area contributed by atoms with Gasteiger partial charge in [0.05, 0.1) is 5.69 Å². The summed E-state index contributed by atoms with van der Waals surface area (Å²) in [5, 5.41) is 5.92. The minimum atomic E-state index is -0.260. The van der Waals surface area contributed by atoms with Gasteiger partial charge < -0.3 is 20.3 Å². The van der Waals surface area contributed by atoms with Crippen LogP contribution in [0.3, 0.4) is 0 Å². The van der Waals surface area contributed by atoms with E-state index in [0.717, 1.165) is 25.7 Å². The van der Waals surface area contributed by atoms with Gasteiger partial charge in [0.2, 0.25) is 5.91 Å². The molecule has 3 rings (SSSR count). The molecule has 30 heavy (non-hydrogen) atoms. The Morgan fingerprint density at radius 1 is 1.00 bits per heavy atom. The van der Waals surface area contributed by atoms with Gasteiger partial charge in [-0.3, -0.25) is 4.79 Å². The number of carbonyl (C=O) groups is 2. The average Bonchev–Trinajstić information content (AvgIpc) is 2.77. The van der Waals surface area contributed by atoms with Gasteiger partial charge in [-0.1, -0.05) is 44.2 Å². The maximum Gasteiger partial charge on any atom is 0.319 e. The number of hydrogen-bond acceptors (Lipinski definition) is 3. The Hall–Kier alpha value is -3.02. The molecule has 2 aromatic carbocycles. The van der Waals surface area contributed by atoms with Crippen molar-refractivity contribution in [2.24, 2.45) is 5.92 Å². The topological polar surface area (TPSA) is 70.7 Å². The molecule has 0 unspecified atom stereocenters. The molecule has 1 saturated heterocycles. The molecule has 0 atom stereocenters. The van der Waals surface area contributed by atoms with Gasteiger partial charge in [0.1, 0.15) is 5.75 Å². The van der Waals surface area contributed by atoms with Crippen molar-refractivity contribution in [3.8, 4) is 11.5 Å². The molecule has 0 aliphatic carbocycles. The molecule has 0 radical (unpaired) electrons. The number of nitrogens with one attached hydrogen (secondary N) is 2. The van der Waals surface area contributed by atoms with Crippen molar-refractivity contribution >= 4 is 17.6 Å². The second-order valence-corrected chi connectivity index (χ2v) is 7.62. The highest BCUT2D eigenvalue weighted by Gasteiger charge is 2.27. The van der Waals surface area contributed by atoms with Crippen LogP contribution in [0.1, 0.15) is 39.5 Å². The average molecular weight is 410 g/mol. The van der Waals surface area contributed by atoms with Crippen LogP contribution < -0.4 is 15.4 Å². The quantitative estimate of drug-likeness (QED) is 0.674. The molecule has 3 amide bonds. The Labute approximate surface area is 178 Å². The maximum atomic E-state index is 12.5. The molecular formula is C24H31N3O3. The molecular weight excluding hydrogens is 378 g/mol. The monoisotopic (exact) mass is 409 g/mol. The third kappa shape index (κ3) is 5.75. The van der Waals surface area contributed by atoms with Crippen molar-refractivity contribution in [2.75, 3.05) is 18.4 Å². The molecule has 0 spiro atoms. The number of piperidine rings is 1. The number of ether oxygens (including phenoxy) is 1. The molecule has 2 aromatic rings. The lowest BCUT2D eigenvalue weighted by atomic mass is 9.98. The van der Waals surface area contributed by atoms with Crippen LogP contribution in [0.5, 0.6) is 11.5 Å². The molecule has 1 heterocycles. The fourth-order valence-corrected chi connectivity index (χ4v) is 3.76. The first kappa shape index (κ1) is 21.7. The molecule has 160 valence electrons. The van der Waals surface area contributed by atoms with E-state index in [9.17, 15) is 9.59 Å². The van der Waals surface area contributed by atoms with Crippen LogP contribution in [0.4, 0.5) is 10.5 Å². The second-order valence-electron chi connectivity index (χ2n) is 7.62. The zero-order chi connectivity index (χ0) is 21.3. The summed E-state index contributed by atoms with van der Waals surface area (Å²) in [6, 6.07) is 16.6. The van der Waals surface area contributed by atoms with E-state index in [2.05, 4.69) is 24.5 Å².